The summed E-state index contributed by atoms with van der Waals surface area (Å²) in [5.41, 5.74) is 0.897. The molecule has 1 aliphatic heterocycles. The number of alkyl halides is 3. The number of halogens is 3. The molecular formula is C19H14F3NO6. The minimum Gasteiger partial charge on any atom is -0.454 e. The van der Waals surface area contributed by atoms with E-state index in [2.05, 4.69) is 10.1 Å². The second-order valence-electron chi connectivity index (χ2n) is 5.67. The lowest BCUT2D eigenvalue weighted by Gasteiger charge is -2.08. The summed E-state index contributed by atoms with van der Waals surface area (Å²) >= 11 is 0. The molecule has 10 heteroatoms. The number of hydrogen-bond acceptors (Lipinski definition) is 6. The van der Waals surface area contributed by atoms with E-state index >= 15 is 0 Å². The van der Waals surface area contributed by atoms with Gasteiger partial charge in [0.05, 0.1) is 0 Å². The van der Waals surface area contributed by atoms with Gasteiger partial charge in [-0.25, -0.2) is 4.79 Å². The van der Waals surface area contributed by atoms with Gasteiger partial charge in [-0.2, -0.15) is 0 Å². The minimum absolute atomic E-state index is 0.106. The third-order valence-corrected chi connectivity index (χ3v) is 3.53. The molecule has 0 aliphatic carbocycles. The van der Waals surface area contributed by atoms with Gasteiger partial charge in [0.25, 0.3) is 5.91 Å². The third kappa shape index (κ3) is 6.16. The van der Waals surface area contributed by atoms with Crippen LogP contribution in [0.15, 0.2) is 48.5 Å². The van der Waals surface area contributed by atoms with Crippen molar-refractivity contribution in [1.29, 1.82) is 0 Å². The number of carbonyl (C=O) groups excluding carboxylic acids is 2. The highest BCUT2D eigenvalue weighted by molar-refractivity contribution is 5.94. The van der Waals surface area contributed by atoms with Crippen molar-refractivity contribution in [3.8, 4) is 17.2 Å². The smallest absolute Gasteiger partial charge is 0.454 e. The Bertz CT molecular complexity index is 925. The van der Waals surface area contributed by atoms with Gasteiger partial charge < -0.3 is 24.3 Å². The molecule has 2 aromatic carbocycles. The van der Waals surface area contributed by atoms with Gasteiger partial charge in [-0.3, -0.25) is 4.79 Å². The Morgan fingerprint density at radius 2 is 1.79 bits per heavy atom. The zero-order valence-electron chi connectivity index (χ0n) is 14.7. The van der Waals surface area contributed by atoms with Crippen LogP contribution in [0.1, 0.15) is 5.56 Å². The van der Waals surface area contributed by atoms with Crippen LogP contribution < -0.4 is 19.5 Å². The number of nitrogens with one attached hydrogen (secondary N) is 1. The lowest BCUT2D eigenvalue weighted by molar-refractivity contribution is -0.274. The summed E-state index contributed by atoms with van der Waals surface area (Å²) in [7, 11) is 0. The molecule has 1 heterocycles. The fourth-order valence-electron chi connectivity index (χ4n) is 2.30. The van der Waals surface area contributed by atoms with Crippen molar-refractivity contribution >= 4 is 23.6 Å². The van der Waals surface area contributed by atoms with E-state index in [9.17, 15) is 22.8 Å². The molecule has 0 bridgehead atoms. The first-order valence-corrected chi connectivity index (χ1v) is 8.19. The number of carbonyl (C=O) groups is 2. The summed E-state index contributed by atoms with van der Waals surface area (Å²) in [5, 5.41) is 2.54. The largest absolute Gasteiger partial charge is 0.573 e. The van der Waals surface area contributed by atoms with Crippen LogP contribution in [0.5, 0.6) is 17.2 Å². The average Bonchev–Trinajstić information content (AvgIpc) is 3.12. The minimum atomic E-state index is -4.78. The van der Waals surface area contributed by atoms with Gasteiger partial charge in [-0.1, -0.05) is 12.1 Å². The number of benzene rings is 2. The number of amides is 1. The first-order valence-electron chi connectivity index (χ1n) is 8.19. The van der Waals surface area contributed by atoms with Gasteiger partial charge in [-0.05, 0) is 35.9 Å². The monoisotopic (exact) mass is 409 g/mol. The topological polar surface area (TPSA) is 83.1 Å². The van der Waals surface area contributed by atoms with Crippen molar-refractivity contribution in [2.45, 2.75) is 6.36 Å². The maximum absolute atomic E-state index is 12.1. The number of fused-ring (bicyclic) bond motifs is 1. The van der Waals surface area contributed by atoms with E-state index in [-0.39, 0.29) is 12.5 Å². The molecule has 0 aromatic heterocycles. The normalized spacial score (nSPS) is 12.7. The van der Waals surface area contributed by atoms with Crippen LogP contribution in [0.3, 0.4) is 0 Å². The Balaban J connectivity index is 1.45. The predicted molar refractivity (Wildman–Crippen MR) is 94.3 cm³/mol. The lowest BCUT2D eigenvalue weighted by atomic mass is 10.2. The lowest BCUT2D eigenvalue weighted by Crippen LogP contribution is -2.20. The van der Waals surface area contributed by atoms with Crippen molar-refractivity contribution < 1.29 is 41.7 Å². The van der Waals surface area contributed by atoms with Crippen LogP contribution in [-0.4, -0.2) is 31.6 Å². The number of ether oxygens (including phenoxy) is 4. The fraction of sp³-hybridized carbons (Fsp3) is 0.158. The van der Waals surface area contributed by atoms with Gasteiger partial charge in [0, 0.05) is 17.8 Å². The van der Waals surface area contributed by atoms with E-state index in [1.807, 2.05) is 0 Å². The standard InChI is InChI=1S/C19H14F3NO6/c20-19(21,22)29-14-5-1-12(2-6-14)3-8-18(25)26-10-17(24)23-13-4-7-15-16(9-13)28-11-27-15/h1-9H,10-11H2,(H,23,24)/b8-3+. The second kappa shape index (κ2) is 8.55. The van der Waals surface area contributed by atoms with E-state index in [0.717, 1.165) is 18.2 Å². The van der Waals surface area contributed by atoms with Gasteiger partial charge >= 0.3 is 12.3 Å². The number of hydrogen-bond donors (Lipinski definition) is 1. The van der Waals surface area contributed by atoms with Gasteiger partial charge in [-0.15, -0.1) is 13.2 Å². The SMILES string of the molecule is O=C(COC(=O)/C=C/c1ccc(OC(F)(F)F)cc1)Nc1ccc2c(c1)OCO2. The molecule has 3 rings (SSSR count). The highest BCUT2D eigenvalue weighted by Gasteiger charge is 2.30. The van der Waals surface area contributed by atoms with Crippen LogP contribution in [-0.2, 0) is 14.3 Å². The number of anilines is 1. The molecule has 0 saturated carbocycles. The van der Waals surface area contributed by atoms with Crippen molar-refractivity contribution in [2.75, 3.05) is 18.7 Å². The molecule has 1 amide bonds. The summed E-state index contributed by atoms with van der Waals surface area (Å²) in [4.78, 5) is 23.5. The van der Waals surface area contributed by atoms with Crippen LogP contribution in [0.4, 0.5) is 18.9 Å². The molecule has 2 aromatic rings. The van der Waals surface area contributed by atoms with Gasteiger partial charge in [0.1, 0.15) is 5.75 Å². The molecule has 152 valence electrons. The number of esters is 1. The van der Waals surface area contributed by atoms with E-state index < -0.39 is 24.8 Å². The summed E-state index contributed by atoms with van der Waals surface area (Å²) in [6.45, 7) is -0.412. The van der Waals surface area contributed by atoms with E-state index in [1.54, 1.807) is 18.2 Å². The molecular weight excluding hydrogens is 395 g/mol. The molecule has 7 nitrogen and oxygen atoms in total. The van der Waals surface area contributed by atoms with Crippen molar-refractivity contribution in [1.82, 2.24) is 0 Å². The highest BCUT2D eigenvalue weighted by Crippen LogP contribution is 2.34. The van der Waals surface area contributed by atoms with E-state index in [0.29, 0.717) is 22.7 Å². The Kier molecular flexibility index (Phi) is 5.91. The Morgan fingerprint density at radius 1 is 1.07 bits per heavy atom. The third-order valence-electron chi connectivity index (χ3n) is 3.53. The molecule has 1 aliphatic rings. The molecule has 1 N–H and O–H groups in total. The zero-order valence-corrected chi connectivity index (χ0v) is 14.7. The fourth-order valence-corrected chi connectivity index (χ4v) is 2.30. The summed E-state index contributed by atoms with van der Waals surface area (Å²) in [6.07, 6.45) is -2.40. The summed E-state index contributed by atoms with van der Waals surface area (Å²) in [6, 6.07) is 9.70. The maximum Gasteiger partial charge on any atom is 0.573 e. The molecule has 0 radical (unpaired) electrons. The van der Waals surface area contributed by atoms with E-state index in [4.69, 9.17) is 14.2 Å². The predicted octanol–water partition coefficient (Wildman–Crippen LogP) is 3.51. The second-order valence-corrected chi connectivity index (χ2v) is 5.67. The Hall–Kier alpha value is -3.69. The highest BCUT2D eigenvalue weighted by atomic mass is 19.4. The maximum atomic E-state index is 12.1. The van der Waals surface area contributed by atoms with Crippen molar-refractivity contribution in [3.05, 3.63) is 54.1 Å². The summed E-state index contributed by atoms with van der Waals surface area (Å²) < 4.78 is 55.2. The van der Waals surface area contributed by atoms with Crippen LogP contribution in [0, 0.1) is 0 Å². The first kappa shape index (κ1) is 20.1. The van der Waals surface area contributed by atoms with Gasteiger partial charge in [0.2, 0.25) is 6.79 Å². The summed E-state index contributed by atoms with van der Waals surface area (Å²) in [5.74, 6) is -0.662. The van der Waals surface area contributed by atoms with Crippen LogP contribution >= 0.6 is 0 Å². The molecule has 29 heavy (non-hydrogen) atoms. The van der Waals surface area contributed by atoms with Crippen LogP contribution in [0.25, 0.3) is 6.08 Å². The number of rotatable bonds is 6. The Morgan fingerprint density at radius 3 is 2.52 bits per heavy atom. The van der Waals surface area contributed by atoms with Crippen molar-refractivity contribution in [3.63, 3.8) is 0 Å². The molecule has 0 fully saturated rings. The molecule has 0 unspecified atom stereocenters. The Labute approximate surface area is 162 Å². The molecule has 0 saturated heterocycles. The molecule has 0 atom stereocenters. The van der Waals surface area contributed by atoms with Crippen molar-refractivity contribution in [2.24, 2.45) is 0 Å². The van der Waals surface area contributed by atoms with Gasteiger partial charge in [0.15, 0.2) is 18.1 Å². The average molecular weight is 409 g/mol. The van der Waals surface area contributed by atoms with Crippen LogP contribution in [0.2, 0.25) is 0 Å². The first-order chi connectivity index (χ1) is 13.8. The van der Waals surface area contributed by atoms with E-state index in [1.165, 1.54) is 18.2 Å². The quantitative estimate of drug-likeness (QED) is 0.581. The molecule has 0 spiro atoms. The zero-order chi connectivity index (χ0) is 20.9.